The van der Waals surface area contributed by atoms with Gasteiger partial charge in [-0.25, -0.2) is 0 Å². The molecule has 0 nitrogen and oxygen atoms in total. The molecule has 6 rings (SSSR count). The minimum Gasteiger partial charge on any atom is -0.343 e. The van der Waals surface area contributed by atoms with Crippen molar-refractivity contribution in [2.45, 2.75) is 39.5 Å². The Bertz CT molecular complexity index is 1350. The van der Waals surface area contributed by atoms with Gasteiger partial charge in [-0.05, 0) is 10.4 Å². The molecule has 0 unspecified atom stereocenters. The third-order valence-corrected chi connectivity index (χ3v) is 11.9. The number of rotatable bonds is 6. The van der Waals surface area contributed by atoms with E-state index in [9.17, 15) is 0 Å². The molecule has 0 aromatic heterocycles. The molecule has 40 heavy (non-hydrogen) atoms. The molecule has 6 aromatic carbocycles. The average molecular weight is 616 g/mol. The Balaban J connectivity index is 0.000000437. The van der Waals surface area contributed by atoms with Gasteiger partial charge in [-0.3, -0.25) is 0 Å². The predicted octanol–water partition coefficient (Wildman–Crippen LogP) is 8.05. The van der Waals surface area contributed by atoms with Crippen LogP contribution in [0.1, 0.15) is 39.5 Å². The topological polar surface area (TPSA) is 0 Å². The van der Waals surface area contributed by atoms with Gasteiger partial charge < -0.3 is 13.8 Å². The van der Waals surface area contributed by atoms with E-state index in [-0.39, 0.29) is 26.2 Å². The monoisotopic (exact) mass is 614 g/mol. The van der Waals surface area contributed by atoms with Crippen LogP contribution < -0.4 is 20.7 Å². The van der Waals surface area contributed by atoms with Crippen molar-refractivity contribution in [2.75, 3.05) is 0 Å². The molecular weight excluding hydrogens is 576 g/mol. The number of fused-ring (bicyclic) bond motifs is 2. The summed E-state index contributed by atoms with van der Waals surface area (Å²) in [6, 6.07) is 49.5. The van der Waals surface area contributed by atoms with Gasteiger partial charge >= 0.3 is 26.2 Å². The van der Waals surface area contributed by atoms with Crippen LogP contribution in [0.15, 0.2) is 133 Å². The van der Waals surface area contributed by atoms with Crippen molar-refractivity contribution in [1.82, 2.24) is 0 Å². The first-order valence-electron chi connectivity index (χ1n) is 14.2. The molecule has 0 spiro atoms. The summed E-state index contributed by atoms with van der Waals surface area (Å²) in [6.45, 7) is 11.4. The summed E-state index contributed by atoms with van der Waals surface area (Å²) >= 11 is 0. The van der Waals surface area contributed by atoms with E-state index in [1.54, 1.807) is 0 Å². The summed E-state index contributed by atoms with van der Waals surface area (Å²) in [5, 5.41) is 11.0. The predicted molar refractivity (Wildman–Crippen MR) is 177 cm³/mol. The Kier molecular flexibility index (Phi) is 12.6. The summed E-state index contributed by atoms with van der Waals surface area (Å²) in [5.74, 6) is 0. The Morgan fingerprint density at radius 2 is 0.850 bits per heavy atom. The first-order valence-corrected chi connectivity index (χ1v) is 16.2. The van der Waals surface area contributed by atoms with Crippen molar-refractivity contribution in [2.24, 2.45) is 0 Å². The van der Waals surface area contributed by atoms with Gasteiger partial charge in [0.1, 0.15) is 8.07 Å². The van der Waals surface area contributed by atoms with Crippen LogP contribution in [0.25, 0.3) is 21.5 Å². The van der Waals surface area contributed by atoms with Gasteiger partial charge in [-0.15, -0.1) is 69.7 Å². The number of hydrogen-bond acceptors (Lipinski definition) is 0. The Hall–Kier alpha value is -2.80. The smallest absolute Gasteiger partial charge is 0.343 e. The van der Waals surface area contributed by atoms with Crippen LogP contribution in [0.5, 0.6) is 0 Å². The molecule has 0 atom stereocenters. The fourth-order valence-corrected chi connectivity index (χ4v) is 9.98. The quantitative estimate of drug-likeness (QED) is 0.131. The SMILES string of the molecule is [CH2-]CCC.[CH2-]CCC.[Zr+4].c1ccc([Si](c2ccccc2)(c2cc3ccccc3[cH-]2)c2cc3ccccc3[cH-]2)cc1. The third kappa shape index (κ3) is 6.91. The van der Waals surface area contributed by atoms with E-state index >= 15 is 0 Å². The molecule has 200 valence electrons. The van der Waals surface area contributed by atoms with Gasteiger partial charge in [0.25, 0.3) is 0 Å². The fourth-order valence-electron chi connectivity index (χ4n) is 5.11. The molecule has 0 heterocycles. The molecule has 0 N–H and O–H groups in total. The molecule has 0 saturated heterocycles. The van der Waals surface area contributed by atoms with Crippen molar-refractivity contribution in [1.29, 1.82) is 0 Å². The van der Waals surface area contributed by atoms with E-state index in [2.05, 4.69) is 161 Å². The molecule has 0 aliphatic heterocycles. The average Bonchev–Trinajstić information content (AvgIpc) is 3.64. The Morgan fingerprint density at radius 3 is 1.18 bits per heavy atom. The van der Waals surface area contributed by atoms with Crippen LogP contribution in [0.4, 0.5) is 0 Å². The van der Waals surface area contributed by atoms with Gasteiger partial charge in [-0.1, -0.05) is 99.5 Å². The van der Waals surface area contributed by atoms with Gasteiger partial charge in [0.05, 0.1) is 0 Å². The van der Waals surface area contributed by atoms with Crippen molar-refractivity contribution >= 4 is 50.4 Å². The van der Waals surface area contributed by atoms with E-state index in [4.69, 9.17) is 0 Å². The minimum absolute atomic E-state index is 0. The van der Waals surface area contributed by atoms with Crippen molar-refractivity contribution < 1.29 is 26.2 Å². The summed E-state index contributed by atoms with van der Waals surface area (Å²) < 4.78 is 0. The number of unbranched alkanes of at least 4 members (excludes halogenated alkanes) is 2. The first-order chi connectivity index (χ1) is 19.2. The van der Waals surface area contributed by atoms with E-state index < -0.39 is 8.07 Å². The fraction of sp³-hybridized carbons (Fsp3) is 0.158. The van der Waals surface area contributed by atoms with Crippen LogP contribution in [-0.4, -0.2) is 8.07 Å². The van der Waals surface area contributed by atoms with Gasteiger partial charge in [0.15, 0.2) is 0 Å². The largest absolute Gasteiger partial charge is 4.00 e. The molecule has 6 aromatic rings. The maximum Gasteiger partial charge on any atom is 4.00 e. The molecule has 2 heteroatoms. The second-order valence-corrected chi connectivity index (χ2v) is 13.7. The second-order valence-electron chi connectivity index (χ2n) is 9.94. The Morgan fingerprint density at radius 1 is 0.525 bits per heavy atom. The Labute approximate surface area is 262 Å². The molecule has 0 aliphatic rings. The molecular formula is C38H40SiZr. The van der Waals surface area contributed by atoms with Crippen molar-refractivity contribution in [3.63, 3.8) is 0 Å². The second kappa shape index (κ2) is 15.8. The van der Waals surface area contributed by atoms with Crippen LogP contribution in [0.2, 0.25) is 0 Å². The molecule has 0 fully saturated rings. The zero-order chi connectivity index (χ0) is 27.5. The zero-order valence-corrected chi connectivity index (χ0v) is 27.4. The third-order valence-electron chi connectivity index (χ3n) is 7.22. The van der Waals surface area contributed by atoms with Crippen molar-refractivity contribution in [3.8, 4) is 0 Å². The van der Waals surface area contributed by atoms with E-state index in [0.29, 0.717) is 0 Å². The normalized spacial score (nSPS) is 10.7. The minimum atomic E-state index is -2.47. The standard InChI is InChI=1S/C30H22Si.2C4H9.Zr/c1-3-15-27(16-4-1)31(28-17-5-2-6-18-28,29-19-23-11-7-8-12-24(23)20-29)30-21-25-13-9-10-14-26(25)22-30;2*1-3-4-2;/h1-22H;2*1,3-4H2,2H3;/q-2;2*-1;+4. The van der Waals surface area contributed by atoms with Crippen LogP contribution in [-0.2, 0) is 26.2 Å². The van der Waals surface area contributed by atoms with Crippen LogP contribution >= 0.6 is 0 Å². The van der Waals surface area contributed by atoms with E-state index in [1.807, 2.05) is 0 Å². The number of benzene rings is 4. The zero-order valence-electron chi connectivity index (χ0n) is 23.9. The van der Waals surface area contributed by atoms with Crippen molar-refractivity contribution in [3.05, 3.63) is 147 Å². The molecule has 0 amide bonds. The van der Waals surface area contributed by atoms with Crippen LogP contribution in [0, 0.1) is 13.8 Å². The van der Waals surface area contributed by atoms with Gasteiger partial charge in [0, 0.05) is 0 Å². The van der Waals surface area contributed by atoms with E-state index in [0.717, 1.165) is 12.8 Å². The van der Waals surface area contributed by atoms with Crippen LogP contribution in [0.3, 0.4) is 0 Å². The molecule has 0 bridgehead atoms. The molecule has 0 radical (unpaired) electrons. The summed E-state index contributed by atoms with van der Waals surface area (Å²) in [5.41, 5.74) is 0. The maximum absolute atomic E-state index is 3.60. The van der Waals surface area contributed by atoms with E-state index in [1.165, 1.54) is 55.1 Å². The summed E-state index contributed by atoms with van der Waals surface area (Å²) in [4.78, 5) is 0. The molecule has 0 aliphatic carbocycles. The maximum atomic E-state index is 3.60. The first kappa shape index (κ1) is 31.7. The summed E-state index contributed by atoms with van der Waals surface area (Å²) in [7, 11) is -2.47. The summed E-state index contributed by atoms with van der Waals surface area (Å²) in [6.07, 6.45) is 4.56. The molecule has 0 saturated carbocycles. The van der Waals surface area contributed by atoms with Gasteiger partial charge in [0.2, 0.25) is 0 Å². The number of hydrogen-bond donors (Lipinski definition) is 0. The van der Waals surface area contributed by atoms with Gasteiger partial charge in [-0.2, -0.15) is 35.7 Å².